The number of nitrogens with two attached hydrogens (primary N) is 1. The largest absolute Gasteiger partial charge is 0.372 e. The summed E-state index contributed by atoms with van der Waals surface area (Å²) in [6.45, 7) is 0.938. The van der Waals surface area contributed by atoms with Gasteiger partial charge in [0.25, 0.3) is 0 Å². The maximum Gasteiger partial charge on any atom is 0.129 e. The second-order valence-electron chi connectivity index (χ2n) is 4.43. The summed E-state index contributed by atoms with van der Waals surface area (Å²) in [5.74, 6) is 5.19. The summed E-state index contributed by atoms with van der Waals surface area (Å²) in [6, 6.07) is 12.7. The first-order chi connectivity index (χ1) is 10.2. The lowest BCUT2D eigenvalue weighted by molar-refractivity contribution is 0.105. The van der Waals surface area contributed by atoms with Crippen molar-refractivity contribution in [2.45, 2.75) is 13.2 Å². The summed E-state index contributed by atoms with van der Waals surface area (Å²) in [4.78, 5) is 0. The minimum Gasteiger partial charge on any atom is -0.372 e. The highest BCUT2D eigenvalue weighted by atomic mass is 79.9. The Hall–Kier alpha value is -1.67. The molecule has 0 saturated heterocycles. The van der Waals surface area contributed by atoms with Crippen LogP contribution >= 0.6 is 15.9 Å². The molecule has 108 valence electrons. The quantitative estimate of drug-likeness (QED) is 0.857. The van der Waals surface area contributed by atoms with Gasteiger partial charge in [-0.2, -0.15) is 0 Å². The topological polar surface area (TPSA) is 35.2 Å². The van der Waals surface area contributed by atoms with E-state index in [2.05, 4.69) is 27.8 Å². The number of benzene rings is 2. The molecule has 0 heterocycles. The first-order valence-electron chi connectivity index (χ1n) is 6.48. The van der Waals surface area contributed by atoms with Crippen LogP contribution in [0.15, 0.2) is 46.9 Å². The molecule has 0 saturated carbocycles. The van der Waals surface area contributed by atoms with E-state index in [1.54, 1.807) is 12.1 Å². The van der Waals surface area contributed by atoms with Crippen molar-refractivity contribution in [2.75, 3.05) is 6.54 Å². The monoisotopic (exact) mass is 347 g/mol. The molecule has 0 bridgehead atoms. The lowest BCUT2D eigenvalue weighted by Gasteiger charge is -2.06. The molecule has 2 N–H and O–H groups in total. The minimum atomic E-state index is -0.311. The molecule has 2 aromatic carbocycles. The molecule has 0 amide bonds. The molecule has 0 unspecified atom stereocenters. The predicted octanol–water partition coefficient (Wildman–Crippen LogP) is 3.62. The molecule has 0 aliphatic heterocycles. The fourth-order valence-electron chi connectivity index (χ4n) is 1.75. The van der Waals surface area contributed by atoms with Crippen LogP contribution in [0.3, 0.4) is 0 Å². The predicted molar refractivity (Wildman–Crippen MR) is 85.0 cm³/mol. The van der Waals surface area contributed by atoms with Gasteiger partial charge in [0.2, 0.25) is 0 Å². The summed E-state index contributed by atoms with van der Waals surface area (Å²) in [5, 5.41) is 0. The summed E-state index contributed by atoms with van der Waals surface area (Å²) in [6.07, 6.45) is 0. The summed E-state index contributed by atoms with van der Waals surface area (Å²) in [5.41, 5.74) is 7.47. The number of hydrogen-bond acceptors (Lipinski definition) is 2. The molecule has 4 heteroatoms. The van der Waals surface area contributed by atoms with Gasteiger partial charge in [-0.15, -0.1) is 0 Å². The second-order valence-corrected chi connectivity index (χ2v) is 5.35. The van der Waals surface area contributed by atoms with Crippen LogP contribution in [-0.2, 0) is 18.0 Å². The molecule has 21 heavy (non-hydrogen) atoms. The van der Waals surface area contributed by atoms with Crippen molar-refractivity contribution in [2.24, 2.45) is 5.73 Å². The number of halogens is 2. The van der Waals surface area contributed by atoms with Gasteiger partial charge in [-0.05, 0) is 29.8 Å². The van der Waals surface area contributed by atoms with E-state index >= 15 is 0 Å². The van der Waals surface area contributed by atoms with Gasteiger partial charge in [-0.3, -0.25) is 0 Å². The lowest BCUT2D eigenvalue weighted by atomic mass is 10.1. The Morgan fingerprint density at radius 2 is 1.86 bits per heavy atom. The van der Waals surface area contributed by atoms with Gasteiger partial charge < -0.3 is 10.5 Å². The van der Waals surface area contributed by atoms with E-state index in [4.69, 9.17) is 10.5 Å². The molecule has 2 aromatic rings. The summed E-state index contributed by atoms with van der Waals surface area (Å²) in [7, 11) is 0. The highest BCUT2D eigenvalue weighted by Gasteiger charge is 2.03. The van der Waals surface area contributed by atoms with E-state index in [9.17, 15) is 4.39 Å². The molecule has 0 spiro atoms. The maximum atomic E-state index is 13.9. The van der Waals surface area contributed by atoms with Gasteiger partial charge in [-0.25, -0.2) is 4.39 Å². The van der Waals surface area contributed by atoms with Gasteiger partial charge in [0, 0.05) is 15.6 Å². The first kappa shape index (κ1) is 15.7. The van der Waals surface area contributed by atoms with Crippen LogP contribution in [-0.4, -0.2) is 6.54 Å². The van der Waals surface area contributed by atoms with E-state index < -0.39 is 0 Å². The van der Waals surface area contributed by atoms with Crippen molar-refractivity contribution >= 4 is 15.9 Å². The van der Waals surface area contributed by atoms with Gasteiger partial charge in [0.05, 0.1) is 19.8 Å². The van der Waals surface area contributed by atoms with Gasteiger partial charge >= 0.3 is 0 Å². The van der Waals surface area contributed by atoms with E-state index in [0.717, 1.165) is 10.0 Å². The van der Waals surface area contributed by atoms with Gasteiger partial charge in [0.1, 0.15) is 5.82 Å². The molecule has 0 aliphatic rings. The Morgan fingerprint density at radius 3 is 2.52 bits per heavy atom. The summed E-state index contributed by atoms with van der Waals surface area (Å²) < 4.78 is 20.4. The minimum absolute atomic E-state index is 0.229. The van der Waals surface area contributed by atoms with Crippen molar-refractivity contribution in [3.05, 3.63) is 69.4 Å². The number of rotatable bonds is 4. The third kappa shape index (κ3) is 4.98. The van der Waals surface area contributed by atoms with Crippen molar-refractivity contribution in [3.8, 4) is 11.8 Å². The zero-order valence-corrected chi connectivity index (χ0v) is 13.0. The van der Waals surface area contributed by atoms with Crippen LogP contribution in [0, 0.1) is 17.7 Å². The third-order valence-corrected chi connectivity index (χ3v) is 3.36. The van der Waals surface area contributed by atoms with Gasteiger partial charge in [0.15, 0.2) is 0 Å². The Balaban J connectivity index is 1.92. The van der Waals surface area contributed by atoms with Crippen LogP contribution in [0.4, 0.5) is 4.39 Å². The van der Waals surface area contributed by atoms with Crippen molar-refractivity contribution < 1.29 is 9.13 Å². The highest BCUT2D eigenvalue weighted by molar-refractivity contribution is 9.10. The molecular weight excluding hydrogens is 333 g/mol. The van der Waals surface area contributed by atoms with Crippen LogP contribution in [0.5, 0.6) is 0 Å². The summed E-state index contributed by atoms with van der Waals surface area (Å²) >= 11 is 3.38. The SMILES string of the molecule is NCC#Cc1ccc(COCc2ccc(Br)cc2)c(F)c1. The second kappa shape index (κ2) is 7.94. The van der Waals surface area contributed by atoms with E-state index in [1.165, 1.54) is 6.07 Å². The zero-order valence-electron chi connectivity index (χ0n) is 11.4. The molecule has 0 radical (unpaired) electrons. The van der Waals surface area contributed by atoms with E-state index in [-0.39, 0.29) is 19.0 Å². The third-order valence-electron chi connectivity index (χ3n) is 2.83. The van der Waals surface area contributed by atoms with Crippen molar-refractivity contribution in [1.29, 1.82) is 0 Å². The molecule has 0 aromatic heterocycles. The normalized spacial score (nSPS) is 10.0. The Bertz CT molecular complexity index is 659. The van der Waals surface area contributed by atoms with Crippen LogP contribution in [0.1, 0.15) is 16.7 Å². The molecule has 0 aliphatic carbocycles. The highest BCUT2D eigenvalue weighted by Crippen LogP contribution is 2.14. The lowest BCUT2D eigenvalue weighted by Crippen LogP contribution is -1.98. The van der Waals surface area contributed by atoms with E-state index in [0.29, 0.717) is 17.7 Å². The number of hydrogen-bond donors (Lipinski definition) is 1. The van der Waals surface area contributed by atoms with Crippen LogP contribution in [0.2, 0.25) is 0 Å². The molecule has 0 fully saturated rings. The van der Waals surface area contributed by atoms with Crippen LogP contribution in [0.25, 0.3) is 0 Å². The average Bonchev–Trinajstić information content (AvgIpc) is 2.49. The van der Waals surface area contributed by atoms with Crippen molar-refractivity contribution in [3.63, 3.8) is 0 Å². The fourth-order valence-corrected chi connectivity index (χ4v) is 2.02. The maximum absolute atomic E-state index is 13.9. The number of ether oxygens (including phenoxy) is 1. The Kier molecular flexibility index (Phi) is 5.94. The fraction of sp³-hybridized carbons (Fsp3) is 0.176. The van der Waals surface area contributed by atoms with Crippen LogP contribution < -0.4 is 5.73 Å². The Morgan fingerprint density at radius 1 is 1.10 bits per heavy atom. The zero-order chi connectivity index (χ0) is 15.1. The van der Waals surface area contributed by atoms with Crippen molar-refractivity contribution in [1.82, 2.24) is 0 Å². The molecule has 0 atom stereocenters. The average molecular weight is 348 g/mol. The standard InChI is InChI=1S/C17H15BrFNO/c18-16-7-4-14(5-8-16)11-21-12-15-6-3-13(2-1-9-20)10-17(15)19/h3-8,10H,9,11-12,20H2. The Labute approximate surface area is 132 Å². The molecular formula is C17H15BrFNO. The molecule has 2 rings (SSSR count). The van der Waals surface area contributed by atoms with E-state index in [1.807, 2.05) is 24.3 Å². The smallest absolute Gasteiger partial charge is 0.129 e. The molecule has 2 nitrogen and oxygen atoms in total. The first-order valence-corrected chi connectivity index (χ1v) is 7.28. The van der Waals surface area contributed by atoms with Gasteiger partial charge in [-0.1, -0.05) is 46.0 Å².